The monoisotopic (exact) mass is 495 g/mol. The SMILES string of the molecule is C=C(CN1CCN(C)CC1)Oc1ccccc1N=Nc1ccc(NC(=O)[C@@H](N)CCCCN)nc1N. The van der Waals surface area contributed by atoms with E-state index in [0.29, 0.717) is 48.2 Å². The summed E-state index contributed by atoms with van der Waals surface area (Å²) < 4.78 is 6.00. The zero-order chi connectivity index (χ0) is 25.9. The first-order valence-corrected chi connectivity index (χ1v) is 12.2. The number of nitrogen functional groups attached to an aromatic ring is 1. The van der Waals surface area contributed by atoms with E-state index in [2.05, 4.69) is 44.0 Å². The highest BCUT2D eigenvalue weighted by molar-refractivity contribution is 5.94. The average Bonchev–Trinajstić information content (AvgIpc) is 2.86. The number of carbonyl (C=O) groups is 1. The number of piperazine rings is 1. The summed E-state index contributed by atoms with van der Waals surface area (Å²) in [6.45, 7) is 9.30. The van der Waals surface area contributed by atoms with Gasteiger partial charge in [-0.1, -0.05) is 25.1 Å². The lowest BCUT2D eigenvalue weighted by molar-refractivity contribution is -0.117. The largest absolute Gasteiger partial charge is 0.459 e. The molecule has 0 radical (unpaired) electrons. The number of nitrogens with one attached hydrogen (secondary N) is 1. The van der Waals surface area contributed by atoms with Crippen molar-refractivity contribution in [2.45, 2.75) is 25.3 Å². The first-order chi connectivity index (χ1) is 17.4. The molecule has 7 N–H and O–H groups in total. The van der Waals surface area contributed by atoms with Gasteiger partial charge in [-0.3, -0.25) is 9.69 Å². The first kappa shape index (κ1) is 27.2. The van der Waals surface area contributed by atoms with Crippen LogP contribution in [0.15, 0.2) is 59.0 Å². The molecule has 0 aliphatic carbocycles. The molecule has 36 heavy (non-hydrogen) atoms. The number of hydrogen-bond donors (Lipinski definition) is 4. The van der Waals surface area contributed by atoms with Gasteiger partial charge in [-0.15, -0.1) is 10.2 Å². The van der Waals surface area contributed by atoms with Gasteiger partial charge in [0.05, 0.1) is 12.6 Å². The van der Waals surface area contributed by atoms with Crippen LogP contribution in [-0.4, -0.2) is 73.0 Å². The Morgan fingerprint density at radius 3 is 2.58 bits per heavy atom. The molecule has 2 heterocycles. The van der Waals surface area contributed by atoms with E-state index in [1.807, 2.05) is 18.2 Å². The van der Waals surface area contributed by atoms with Crippen LogP contribution in [0.3, 0.4) is 0 Å². The normalized spacial score (nSPS) is 15.6. The molecule has 1 atom stereocenters. The Hall–Kier alpha value is -3.38. The number of likely N-dealkylation sites (N-methyl/N-ethyl adjacent to an activating group) is 1. The van der Waals surface area contributed by atoms with Gasteiger partial charge in [0.2, 0.25) is 5.91 Å². The second-order valence-corrected chi connectivity index (χ2v) is 8.87. The van der Waals surface area contributed by atoms with Crippen LogP contribution in [0, 0.1) is 0 Å². The predicted molar refractivity (Wildman–Crippen MR) is 142 cm³/mol. The Labute approximate surface area is 212 Å². The fourth-order valence-electron chi connectivity index (χ4n) is 3.66. The highest BCUT2D eigenvalue weighted by atomic mass is 16.5. The Kier molecular flexibility index (Phi) is 10.3. The summed E-state index contributed by atoms with van der Waals surface area (Å²) in [5.41, 5.74) is 18.4. The summed E-state index contributed by atoms with van der Waals surface area (Å²) in [6, 6.07) is 9.94. The quantitative estimate of drug-likeness (QED) is 0.198. The van der Waals surface area contributed by atoms with Crippen LogP contribution in [0.1, 0.15) is 19.3 Å². The molecule has 1 fully saturated rings. The lowest BCUT2D eigenvalue weighted by Gasteiger charge is -2.32. The number of unbranched alkanes of at least 4 members (excludes halogenated alkanes) is 1. The zero-order valence-electron chi connectivity index (χ0n) is 20.9. The van der Waals surface area contributed by atoms with Crippen molar-refractivity contribution < 1.29 is 9.53 Å². The third kappa shape index (κ3) is 8.38. The molecule has 0 spiro atoms. The van der Waals surface area contributed by atoms with Crippen molar-refractivity contribution in [2.75, 3.05) is 57.4 Å². The molecule has 1 aliphatic rings. The summed E-state index contributed by atoms with van der Waals surface area (Å²) in [7, 11) is 2.12. The molecule has 2 aromatic rings. The van der Waals surface area contributed by atoms with Crippen molar-refractivity contribution in [3.05, 3.63) is 48.7 Å². The van der Waals surface area contributed by atoms with Crippen molar-refractivity contribution in [1.82, 2.24) is 14.8 Å². The molecule has 0 bridgehead atoms. The number of nitrogens with two attached hydrogens (primary N) is 3. The number of para-hydroxylation sites is 1. The second kappa shape index (κ2) is 13.6. The fraction of sp³-hybridized carbons (Fsp3) is 0.440. The summed E-state index contributed by atoms with van der Waals surface area (Å²) in [4.78, 5) is 21.1. The van der Waals surface area contributed by atoms with E-state index in [1.165, 1.54) is 0 Å². The summed E-state index contributed by atoms with van der Waals surface area (Å²) in [5.74, 6) is 1.31. The van der Waals surface area contributed by atoms with Crippen molar-refractivity contribution in [3.8, 4) is 5.75 Å². The van der Waals surface area contributed by atoms with Gasteiger partial charge in [0.15, 0.2) is 11.6 Å². The average molecular weight is 496 g/mol. The van der Waals surface area contributed by atoms with Crippen LogP contribution in [0.4, 0.5) is 23.0 Å². The molecule has 1 aromatic carbocycles. The van der Waals surface area contributed by atoms with Crippen molar-refractivity contribution in [2.24, 2.45) is 21.7 Å². The van der Waals surface area contributed by atoms with Gasteiger partial charge in [0.1, 0.15) is 23.0 Å². The van der Waals surface area contributed by atoms with Crippen LogP contribution in [-0.2, 0) is 4.79 Å². The number of anilines is 2. The molecule has 0 saturated carbocycles. The summed E-state index contributed by atoms with van der Waals surface area (Å²) >= 11 is 0. The van der Waals surface area contributed by atoms with E-state index >= 15 is 0 Å². The van der Waals surface area contributed by atoms with Gasteiger partial charge < -0.3 is 32.2 Å². The number of amides is 1. The molecule has 1 amide bonds. The summed E-state index contributed by atoms with van der Waals surface area (Å²) in [5, 5.41) is 11.2. The van der Waals surface area contributed by atoms with E-state index in [0.717, 1.165) is 39.0 Å². The number of rotatable bonds is 12. The highest BCUT2D eigenvalue weighted by Crippen LogP contribution is 2.31. The van der Waals surface area contributed by atoms with E-state index < -0.39 is 6.04 Å². The minimum Gasteiger partial charge on any atom is -0.459 e. The Morgan fingerprint density at radius 2 is 1.86 bits per heavy atom. The Morgan fingerprint density at radius 1 is 1.14 bits per heavy atom. The van der Waals surface area contributed by atoms with Crippen LogP contribution in [0.2, 0.25) is 0 Å². The third-order valence-corrected chi connectivity index (χ3v) is 5.84. The molecule has 3 rings (SSSR count). The maximum absolute atomic E-state index is 12.3. The van der Waals surface area contributed by atoms with Crippen LogP contribution < -0.4 is 27.3 Å². The van der Waals surface area contributed by atoms with Gasteiger partial charge in [0, 0.05) is 26.2 Å². The van der Waals surface area contributed by atoms with Gasteiger partial charge in [-0.2, -0.15) is 0 Å². The number of azo groups is 1. The van der Waals surface area contributed by atoms with Crippen LogP contribution >= 0.6 is 0 Å². The standard InChI is InChI=1S/C25H37N9O2/c1-18(17-34-15-13-33(2)14-16-34)36-22-9-4-3-8-20(22)31-32-21-10-11-23(29-24(21)28)30-25(35)19(27)7-5-6-12-26/h3-4,8-11,19H,1,5-7,12-17,26-27H2,2H3,(H3,28,29,30,35)/t19-/m0/s1. The molecule has 11 heteroatoms. The Balaban J connectivity index is 1.59. The molecule has 1 saturated heterocycles. The van der Waals surface area contributed by atoms with E-state index in [1.54, 1.807) is 18.2 Å². The van der Waals surface area contributed by atoms with Gasteiger partial charge >= 0.3 is 0 Å². The van der Waals surface area contributed by atoms with Gasteiger partial charge in [-0.25, -0.2) is 4.98 Å². The summed E-state index contributed by atoms with van der Waals surface area (Å²) in [6.07, 6.45) is 2.16. The number of hydrogen-bond acceptors (Lipinski definition) is 10. The fourth-order valence-corrected chi connectivity index (χ4v) is 3.66. The minimum atomic E-state index is -0.638. The Bertz CT molecular complexity index is 1050. The van der Waals surface area contributed by atoms with Gasteiger partial charge in [-0.05, 0) is 50.7 Å². The topological polar surface area (TPSA) is 160 Å². The van der Waals surface area contributed by atoms with E-state index in [-0.39, 0.29) is 11.7 Å². The number of carbonyl (C=O) groups excluding carboxylic acids is 1. The number of benzene rings is 1. The van der Waals surface area contributed by atoms with E-state index in [9.17, 15) is 4.79 Å². The molecule has 0 unspecified atom stereocenters. The highest BCUT2D eigenvalue weighted by Gasteiger charge is 2.16. The van der Waals surface area contributed by atoms with Crippen molar-refractivity contribution in [1.29, 1.82) is 0 Å². The van der Waals surface area contributed by atoms with Crippen molar-refractivity contribution in [3.63, 3.8) is 0 Å². The maximum Gasteiger partial charge on any atom is 0.242 e. The second-order valence-electron chi connectivity index (χ2n) is 8.87. The van der Waals surface area contributed by atoms with Crippen molar-refractivity contribution >= 4 is 28.9 Å². The number of ether oxygens (including phenoxy) is 1. The van der Waals surface area contributed by atoms with Crippen LogP contribution in [0.25, 0.3) is 0 Å². The number of nitrogens with zero attached hydrogens (tertiary/aromatic N) is 5. The smallest absolute Gasteiger partial charge is 0.242 e. The molecular weight excluding hydrogens is 458 g/mol. The molecule has 194 valence electrons. The van der Waals surface area contributed by atoms with E-state index in [4.69, 9.17) is 21.9 Å². The predicted octanol–water partition coefficient (Wildman–Crippen LogP) is 2.61. The zero-order valence-corrected chi connectivity index (χ0v) is 20.9. The minimum absolute atomic E-state index is 0.131. The molecule has 1 aromatic heterocycles. The maximum atomic E-state index is 12.3. The number of aromatic nitrogens is 1. The number of pyridine rings is 1. The third-order valence-electron chi connectivity index (χ3n) is 5.84. The molecular formula is C25H37N9O2. The van der Waals surface area contributed by atoms with Gasteiger partial charge in [0.25, 0.3) is 0 Å². The molecule has 1 aliphatic heterocycles. The lowest BCUT2D eigenvalue weighted by Crippen LogP contribution is -2.45. The van der Waals surface area contributed by atoms with Crippen LogP contribution in [0.5, 0.6) is 5.75 Å². The first-order valence-electron chi connectivity index (χ1n) is 12.2. The lowest BCUT2D eigenvalue weighted by atomic mass is 10.1. The molecule has 11 nitrogen and oxygen atoms in total.